The lowest BCUT2D eigenvalue weighted by molar-refractivity contribution is -0.120. The molecular weight excluding hydrogens is 264 g/mol. The van der Waals surface area contributed by atoms with Crippen LogP contribution in [-0.2, 0) is 14.9 Å². The number of nitrogens with one attached hydrogen (secondary N) is 2. The van der Waals surface area contributed by atoms with Crippen molar-refractivity contribution in [3.8, 4) is 0 Å². The molecule has 2 atom stereocenters. The molecule has 0 aliphatic carbocycles. The lowest BCUT2D eigenvalue weighted by atomic mass is 9.87. The number of amides is 1. The number of hydrogen-bond donors (Lipinski definition) is 2. The first-order chi connectivity index (χ1) is 9.91. The Morgan fingerprint density at radius 3 is 2.48 bits per heavy atom. The standard InChI is InChI=1S/C17H26N2O2/c1-5-18-15-11-21-10-14(15)16(20)19-13-8-6-12(7-9-13)17(2,3)4/h6-9,14-15,18H,5,10-11H2,1-4H3,(H,19,20). The number of carbonyl (C=O) groups excluding carboxylic acids is 1. The Morgan fingerprint density at radius 2 is 1.90 bits per heavy atom. The van der Waals surface area contributed by atoms with Crippen molar-refractivity contribution >= 4 is 11.6 Å². The van der Waals surface area contributed by atoms with Gasteiger partial charge in [-0.2, -0.15) is 0 Å². The van der Waals surface area contributed by atoms with Gasteiger partial charge < -0.3 is 15.4 Å². The third-order valence-corrected chi connectivity index (χ3v) is 3.90. The molecule has 1 heterocycles. The minimum Gasteiger partial charge on any atom is -0.379 e. The highest BCUT2D eigenvalue weighted by Gasteiger charge is 2.33. The normalized spacial score (nSPS) is 22.3. The van der Waals surface area contributed by atoms with Crippen molar-refractivity contribution < 1.29 is 9.53 Å². The van der Waals surface area contributed by atoms with Crippen LogP contribution >= 0.6 is 0 Å². The highest BCUT2D eigenvalue weighted by Crippen LogP contribution is 2.24. The van der Waals surface area contributed by atoms with E-state index in [1.54, 1.807) is 0 Å². The second kappa shape index (κ2) is 6.58. The monoisotopic (exact) mass is 290 g/mol. The molecule has 116 valence electrons. The smallest absolute Gasteiger partial charge is 0.231 e. The average molecular weight is 290 g/mol. The molecule has 0 bridgehead atoms. The molecule has 2 N–H and O–H groups in total. The van der Waals surface area contributed by atoms with Gasteiger partial charge in [-0.1, -0.05) is 39.8 Å². The van der Waals surface area contributed by atoms with Crippen LogP contribution in [0.15, 0.2) is 24.3 Å². The molecule has 2 unspecified atom stereocenters. The van der Waals surface area contributed by atoms with E-state index in [2.05, 4.69) is 43.5 Å². The lowest BCUT2D eigenvalue weighted by Crippen LogP contribution is -2.41. The number of anilines is 1. The summed E-state index contributed by atoms with van der Waals surface area (Å²) < 4.78 is 5.42. The number of likely N-dealkylation sites (N-methyl/N-ethyl adjacent to an activating group) is 1. The van der Waals surface area contributed by atoms with E-state index < -0.39 is 0 Å². The summed E-state index contributed by atoms with van der Waals surface area (Å²) in [5.41, 5.74) is 2.23. The van der Waals surface area contributed by atoms with Gasteiger partial charge in [-0.3, -0.25) is 4.79 Å². The molecule has 0 saturated carbocycles. The number of carbonyl (C=O) groups is 1. The first kappa shape index (κ1) is 16.0. The quantitative estimate of drug-likeness (QED) is 0.896. The highest BCUT2D eigenvalue weighted by atomic mass is 16.5. The number of ether oxygens (including phenoxy) is 1. The van der Waals surface area contributed by atoms with E-state index in [0.717, 1.165) is 12.2 Å². The summed E-state index contributed by atoms with van der Waals surface area (Å²) in [6.45, 7) is 10.5. The van der Waals surface area contributed by atoms with Gasteiger partial charge in [0.1, 0.15) is 0 Å². The lowest BCUT2D eigenvalue weighted by Gasteiger charge is -2.20. The molecule has 1 aromatic carbocycles. The Morgan fingerprint density at radius 1 is 1.24 bits per heavy atom. The van der Waals surface area contributed by atoms with Crippen molar-refractivity contribution in [2.24, 2.45) is 5.92 Å². The molecule has 1 aliphatic heterocycles. The average Bonchev–Trinajstić information content (AvgIpc) is 2.87. The summed E-state index contributed by atoms with van der Waals surface area (Å²) in [6.07, 6.45) is 0. The second-order valence-electron chi connectivity index (χ2n) is 6.62. The molecule has 1 aliphatic rings. The van der Waals surface area contributed by atoms with Gasteiger partial charge in [-0.05, 0) is 29.7 Å². The molecule has 0 radical (unpaired) electrons. The summed E-state index contributed by atoms with van der Waals surface area (Å²) in [5, 5.41) is 6.30. The number of rotatable bonds is 4. The summed E-state index contributed by atoms with van der Waals surface area (Å²) in [7, 11) is 0. The molecule has 0 aromatic heterocycles. The van der Waals surface area contributed by atoms with E-state index in [-0.39, 0.29) is 23.3 Å². The zero-order chi connectivity index (χ0) is 15.5. The van der Waals surface area contributed by atoms with Gasteiger partial charge in [0.2, 0.25) is 5.91 Å². The largest absolute Gasteiger partial charge is 0.379 e. The van der Waals surface area contributed by atoms with E-state index in [1.807, 2.05) is 19.1 Å². The molecule has 2 rings (SSSR count). The second-order valence-corrected chi connectivity index (χ2v) is 6.62. The molecule has 4 heteroatoms. The first-order valence-corrected chi connectivity index (χ1v) is 7.64. The molecular formula is C17H26N2O2. The van der Waals surface area contributed by atoms with E-state index >= 15 is 0 Å². The van der Waals surface area contributed by atoms with Crippen molar-refractivity contribution in [3.63, 3.8) is 0 Å². The molecule has 4 nitrogen and oxygen atoms in total. The summed E-state index contributed by atoms with van der Waals surface area (Å²) >= 11 is 0. The van der Waals surface area contributed by atoms with Crippen LogP contribution in [0.3, 0.4) is 0 Å². The van der Waals surface area contributed by atoms with Crippen LogP contribution in [0.4, 0.5) is 5.69 Å². The van der Waals surface area contributed by atoms with E-state index in [4.69, 9.17) is 4.74 Å². The Balaban J connectivity index is 1.99. The van der Waals surface area contributed by atoms with E-state index in [0.29, 0.717) is 13.2 Å². The fourth-order valence-electron chi connectivity index (χ4n) is 2.56. The Bertz CT molecular complexity index is 477. The van der Waals surface area contributed by atoms with Crippen LogP contribution in [0.25, 0.3) is 0 Å². The summed E-state index contributed by atoms with van der Waals surface area (Å²) in [5.74, 6) is -0.0887. The maximum atomic E-state index is 12.4. The summed E-state index contributed by atoms with van der Waals surface area (Å²) in [6, 6.07) is 8.20. The third-order valence-electron chi connectivity index (χ3n) is 3.90. The minimum absolute atomic E-state index is 0.0296. The van der Waals surface area contributed by atoms with E-state index in [1.165, 1.54) is 5.56 Å². The van der Waals surface area contributed by atoms with Crippen LogP contribution in [-0.4, -0.2) is 31.7 Å². The molecule has 1 aromatic rings. The van der Waals surface area contributed by atoms with Gasteiger partial charge in [0, 0.05) is 11.7 Å². The van der Waals surface area contributed by atoms with Crippen molar-refractivity contribution in [1.82, 2.24) is 5.32 Å². The third kappa shape index (κ3) is 4.05. The van der Waals surface area contributed by atoms with Crippen LogP contribution < -0.4 is 10.6 Å². The van der Waals surface area contributed by atoms with Gasteiger partial charge in [0.05, 0.1) is 19.1 Å². The van der Waals surface area contributed by atoms with Crippen molar-refractivity contribution in [2.75, 3.05) is 25.1 Å². The van der Waals surface area contributed by atoms with Crippen LogP contribution in [0.5, 0.6) is 0 Å². The van der Waals surface area contributed by atoms with Crippen LogP contribution in [0.1, 0.15) is 33.3 Å². The predicted molar refractivity (Wildman–Crippen MR) is 85.5 cm³/mol. The summed E-state index contributed by atoms with van der Waals surface area (Å²) in [4.78, 5) is 12.4. The highest BCUT2D eigenvalue weighted by molar-refractivity contribution is 5.93. The SMILES string of the molecule is CCNC1COCC1C(=O)Nc1ccc(C(C)(C)C)cc1. The fourth-order valence-corrected chi connectivity index (χ4v) is 2.56. The Labute approximate surface area is 127 Å². The van der Waals surface area contributed by atoms with Crippen LogP contribution in [0, 0.1) is 5.92 Å². The van der Waals surface area contributed by atoms with Gasteiger partial charge >= 0.3 is 0 Å². The topological polar surface area (TPSA) is 50.4 Å². The van der Waals surface area contributed by atoms with Crippen molar-refractivity contribution in [3.05, 3.63) is 29.8 Å². The Kier molecular flexibility index (Phi) is 5.01. The van der Waals surface area contributed by atoms with Gasteiger partial charge in [0.25, 0.3) is 0 Å². The zero-order valence-electron chi connectivity index (χ0n) is 13.4. The van der Waals surface area contributed by atoms with Gasteiger partial charge in [-0.25, -0.2) is 0 Å². The van der Waals surface area contributed by atoms with Crippen molar-refractivity contribution in [1.29, 1.82) is 0 Å². The molecule has 1 amide bonds. The van der Waals surface area contributed by atoms with Gasteiger partial charge in [0.15, 0.2) is 0 Å². The number of benzene rings is 1. The Hall–Kier alpha value is -1.39. The van der Waals surface area contributed by atoms with Crippen molar-refractivity contribution in [2.45, 2.75) is 39.2 Å². The minimum atomic E-state index is -0.118. The first-order valence-electron chi connectivity index (χ1n) is 7.64. The van der Waals surface area contributed by atoms with E-state index in [9.17, 15) is 4.79 Å². The zero-order valence-corrected chi connectivity index (χ0v) is 13.4. The number of hydrogen-bond acceptors (Lipinski definition) is 3. The fraction of sp³-hybridized carbons (Fsp3) is 0.588. The maximum absolute atomic E-state index is 12.4. The molecule has 0 spiro atoms. The van der Waals surface area contributed by atoms with Gasteiger partial charge in [-0.15, -0.1) is 0 Å². The molecule has 1 saturated heterocycles. The predicted octanol–water partition coefficient (Wildman–Crippen LogP) is 2.55. The molecule has 21 heavy (non-hydrogen) atoms. The maximum Gasteiger partial charge on any atom is 0.231 e. The molecule has 1 fully saturated rings. The van der Waals surface area contributed by atoms with Crippen LogP contribution in [0.2, 0.25) is 0 Å².